The quantitative estimate of drug-likeness (QED) is 0.578. The van der Waals surface area contributed by atoms with Gasteiger partial charge >= 0.3 is 0 Å². The molecular formula is C9H14O2. The van der Waals surface area contributed by atoms with Gasteiger partial charge in [0, 0.05) is 12.3 Å². The molecule has 0 aromatic heterocycles. The first-order valence-corrected chi connectivity index (χ1v) is 3.99. The zero-order chi connectivity index (χ0) is 8.43. The van der Waals surface area contributed by atoms with E-state index < -0.39 is 6.10 Å². The average molecular weight is 154 g/mol. The van der Waals surface area contributed by atoms with E-state index in [0.29, 0.717) is 6.42 Å². The van der Waals surface area contributed by atoms with E-state index in [4.69, 9.17) is 0 Å². The molecule has 2 nitrogen and oxygen atoms in total. The molecule has 2 heteroatoms. The van der Waals surface area contributed by atoms with Gasteiger partial charge in [0.1, 0.15) is 6.10 Å². The molecule has 0 amide bonds. The molecule has 11 heavy (non-hydrogen) atoms. The highest BCUT2D eigenvalue weighted by Crippen LogP contribution is 2.26. The zero-order valence-corrected chi connectivity index (χ0v) is 6.84. The number of rotatable bonds is 1. The fourth-order valence-corrected chi connectivity index (χ4v) is 1.54. The molecule has 1 rings (SSSR count). The highest BCUT2D eigenvalue weighted by molar-refractivity contribution is 5.84. The molecule has 62 valence electrons. The van der Waals surface area contributed by atoms with Gasteiger partial charge in [0.05, 0.1) is 0 Å². The number of aliphatic hydroxyl groups excluding tert-OH is 1. The lowest BCUT2D eigenvalue weighted by Crippen LogP contribution is -2.33. The SMILES string of the molecule is C=C(C)C1CCCC(=O)[C@@H]1O. The zero-order valence-electron chi connectivity index (χ0n) is 6.84. The van der Waals surface area contributed by atoms with Crippen LogP contribution in [-0.2, 0) is 4.79 Å². The monoisotopic (exact) mass is 154 g/mol. The van der Waals surface area contributed by atoms with Gasteiger partial charge in [0.2, 0.25) is 0 Å². The van der Waals surface area contributed by atoms with Crippen molar-refractivity contribution in [3.05, 3.63) is 12.2 Å². The first-order chi connectivity index (χ1) is 5.13. The largest absolute Gasteiger partial charge is 0.385 e. The summed E-state index contributed by atoms with van der Waals surface area (Å²) >= 11 is 0. The minimum atomic E-state index is -0.777. The third-order valence-corrected chi connectivity index (χ3v) is 2.28. The molecule has 1 saturated carbocycles. The van der Waals surface area contributed by atoms with Gasteiger partial charge in [-0.2, -0.15) is 0 Å². The Hall–Kier alpha value is -0.630. The minimum Gasteiger partial charge on any atom is -0.385 e. The van der Waals surface area contributed by atoms with Crippen LogP contribution in [0.5, 0.6) is 0 Å². The summed E-state index contributed by atoms with van der Waals surface area (Å²) in [7, 11) is 0. The number of hydrogen-bond acceptors (Lipinski definition) is 2. The van der Waals surface area contributed by atoms with Gasteiger partial charge in [0.25, 0.3) is 0 Å². The van der Waals surface area contributed by atoms with Gasteiger partial charge in [-0.15, -0.1) is 0 Å². The highest BCUT2D eigenvalue weighted by atomic mass is 16.3. The Morgan fingerprint density at radius 3 is 2.82 bits per heavy atom. The van der Waals surface area contributed by atoms with Crippen molar-refractivity contribution in [1.29, 1.82) is 0 Å². The molecule has 0 saturated heterocycles. The van der Waals surface area contributed by atoms with Gasteiger partial charge < -0.3 is 5.11 Å². The molecule has 0 aromatic carbocycles. The van der Waals surface area contributed by atoms with Crippen LogP contribution >= 0.6 is 0 Å². The Balaban J connectivity index is 2.65. The molecule has 0 radical (unpaired) electrons. The lowest BCUT2D eigenvalue weighted by Gasteiger charge is -2.26. The van der Waals surface area contributed by atoms with Crippen LogP contribution in [0.1, 0.15) is 26.2 Å². The van der Waals surface area contributed by atoms with Crippen LogP contribution in [0.2, 0.25) is 0 Å². The Morgan fingerprint density at radius 2 is 2.36 bits per heavy atom. The fourth-order valence-electron chi connectivity index (χ4n) is 1.54. The van der Waals surface area contributed by atoms with E-state index in [1.165, 1.54) is 0 Å². The molecule has 1 fully saturated rings. The molecule has 0 aromatic rings. The van der Waals surface area contributed by atoms with E-state index >= 15 is 0 Å². The number of carbonyl (C=O) groups excluding carboxylic acids is 1. The van der Waals surface area contributed by atoms with Crippen LogP contribution in [0.25, 0.3) is 0 Å². The molecule has 0 aliphatic heterocycles. The van der Waals surface area contributed by atoms with Crippen molar-refractivity contribution in [2.24, 2.45) is 5.92 Å². The van der Waals surface area contributed by atoms with Gasteiger partial charge in [0.15, 0.2) is 5.78 Å². The standard InChI is InChI=1S/C9H14O2/c1-6(2)7-4-3-5-8(10)9(7)11/h7,9,11H,1,3-5H2,2H3/t7?,9-/m1/s1. The van der Waals surface area contributed by atoms with Crippen molar-refractivity contribution in [1.82, 2.24) is 0 Å². The van der Waals surface area contributed by atoms with Crippen molar-refractivity contribution in [2.45, 2.75) is 32.3 Å². The lowest BCUT2D eigenvalue weighted by atomic mass is 9.82. The summed E-state index contributed by atoms with van der Waals surface area (Å²) < 4.78 is 0. The third-order valence-electron chi connectivity index (χ3n) is 2.28. The van der Waals surface area contributed by atoms with Crippen molar-refractivity contribution in [3.8, 4) is 0 Å². The Labute approximate surface area is 66.9 Å². The normalized spacial score (nSPS) is 32.0. The van der Waals surface area contributed by atoms with Gasteiger partial charge in [-0.1, -0.05) is 12.2 Å². The first kappa shape index (κ1) is 8.47. The fraction of sp³-hybridized carbons (Fsp3) is 0.667. The maximum Gasteiger partial charge on any atom is 0.161 e. The summed E-state index contributed by atoms with van der Waals surface area (Å²) in [5, 5.41) is 9.40. The van der Waals surface area contributed by atoms with Gasteiger partial charge in [-0.3, -0.25) is 4.79 Å². The number of Topliss-reactive ketones (excluding diaryl/α,β-unsaturated/α-hetero) is 1. The van der Waals surface area contributed by atoms with E-state index in [9.17, 15) is 9.90 Å². The van der Waals surface area contributed by atoms with Crippen molar-refractivity contribution >= 4 is 5.78 Å². The topological polar surface area (TPSA) is 37.3 Å². The third kappa shape index (κ3) is 1.69. The van der Waals surface area contributed by atoms with E-state index in [-0.39, 0.29) is 11.7 Å². The second-order valence-corrected chi connectivity index (χ2v) is 3.26. The molecule has 0 heterocycles. The maximum atomic E-state index is 11.0. The Morgan fingerprint density at radius 1 is 1.73 bits per heavy atom. The summed E-state index contributed by atoms with van der Waals surface area (Å²) in [6, 6.07) is 0. The van der Waals surface area contributed by atoms with Crippen molar-refractivity contribution in [2.75, 3.05) is 0 Å². The Kier molecular flexibility index (Phi) is 2.45. The number of aliphatic hydroxyl groups is 1. The average Bonchev–Trinajstić information content (AvgIpc) is 1.94. The van der Waals surface area contributed by atoms with Crippen LogP contribution in [-0.4, -0.2) is 17.0 Å². The summed E-state index contributed by atoms with van der Waals surface area (Å²) in [5.41, 5.74) is 0.922. The molecule has 1 aliphatic carbocycles. The van der Waals surface area contributed by atoms with E-state index in [2.05, 4.69) is 6.58 Å². The lowest BCUT2D eigenvalue weighted by molar-refractivity contribution is -0.131. The smallest absolute Gasteiger partial charge is 0.161 e. The molecule has 0 bridgehead atoms. The maximum absolute atomic E-state index is 11.0. The van der Waals surface area contributed by atoms with Gasteiger partial charge in [-0.25, -0.2) is 0 Å². The minimum absolute atomic E-state index is 0.0104. The summed E-state index contributed by atoms with van der Waals surface area (Å²) in [6.45, 7) is 5.62. The van der Waals surface area contributed by atoms with Crippen molar-refractivity contribution in [3.63, 3.8) is 0 Å². The predicted octanol–water partition coefficient (Wildman–Crippen LogP) is 1.29. The van der Waals surface area contributed by atoms with Crippen LogP contribution in [0, 0.1) is 5.92 Å². The molecule has 1 N–H and O–H groups in total. The summed E-state index contributed by atoms with van der Waals surface area (Å²) in [5.74, 6) is -0.0134. The highest BCUT2D eigenvalue weighted by Gasteiger charge is 2.29. The van der Waals surface area contributed by atoms with Crippen LogP contribution in [0.4, 0.5) is 0 Å². The molecule has 1 aliphatic rings. The van der Waals surface area contributed by atoms with E-state index in [0.717, 1.165) is 18.4 Å². The van der Waals surface area contributed by atoms with Crippen LogP contribution in [0.15, 0.2) is 12.2 Å². The van der Waals surface area contributed by atoms with Gasteiger partial charge in [-0.05, 0) is 19.8 Å². The summed E-state index contributed by atoms with van der Waals surface area (Å²) in [6.07, 6.45) is 1.56. The van der Waals surface area contributed by atoms with E-state index in [1.807, 2.05) is 6.92 Å². The molecule has 2 atom stereocenters. The van der Waals surface area contributed by atoms with E-state index in [1.54, 1.807) is 0 Å². The Bertz CT molecular complexity index is 184. The number of carbonyl (C=O) groups is 1. The molecule has 0 spiro atoms. The predicted molar refractivity (Wildman–Crippen MR) is 43.2 cm³/mol. The van der Waals surface area contributed by atoms with Crippen LogP contribution < -0.4 is 0 Å². The number of ketones is 1. The molecule has 1 unspecified atom stereocenters. The molecular weight excluding hydrogens is 140 g/mol. The van der Waals surface area contributed by atoms with Crippen molar-refractivity contribution < 1.29 is 9.90 Å². The first-order valence-electron chi connectivity index (χ1n) is 3.99. The second-order valence-electron chi connectivity index (χ2n) is 3.26. The number of hydrogen-bond donors (Lipinski definition) is 1. The second kappa shape index (κ2) is 3.18. The van der Waals surface area contributed by atoms with Crippen LogP contribution in [0.3, 0.4) is 0 Å². The summed E-state index contributed by atoms with van der Waals surface area (Å²) in [4.78, 5) is 11.0.